The van der Waals surface area contributed by atoms with Gasteiger partial charge >= 0.3 is 5.97 Å². The maximum atomic E-state index is 14.2. The molecule has 4 saturated carbocycles. The fourth-order valence-corrected chi connectivity index (χ4v) is 9.45. The van der Waals surface area contributed by atoms with E-state index < -0.39 is 88.3 Å². The van der Waals surface area contributed by atoms with Crippen molar-refractivity contribution in [2.45, 2.75) is 76.7 Å². The van der Waals surface area contributed by atoms with E-state index in [2.05, 4.69) is 0 Å². The maximum Gasteiger partial charge on any atom is 0.302 e. The van der Waals surface area contributed by atoms with Gasteiger partial charge in [0.1, 0.15) is 18.0 Å². The Morgan fingerprint density at radius 2 is 1.81 bits per heavy atom. The number of carbonyl (C=O) groups is 3. The van der Waals surface area contributed by atoms with Gasteiger partial charge in [0.25, 0.3) is 0 Å². The highest BCUT2D eigenvalue weighted by Crippen LogP contribution is 2.72. The van der Waals surface area contributed by atoms with Crippen LogP contribution in [0, 0.1) is 39.9 Å². The Hall–Kier alpha value is -2.11. The molecule has 13 atom stereocenters. The van der Waals surface area contributed by atoms with Crippen LogP contribution in [0.15, 0.2) is 23.0 Å². The molecule has 5 fully saturated rings. The molecule has 0 aromatic carbocycles. The second-order valence-corrected chi connectivity index (χ2v) is 12.3. The quantitative estimate of drug-likeness (QED) is 0.407. The second kappa shape index (κ2) is 7.95. The van der Waals surface area contributed by atoms with Gasteiger partial charge in [0.05, 0.1) is 36.8 Å². The topological polar surface area (TPSA) is 164 Å². The minimum Gasteiger partial charge on any atom is -0.472 e. The number of ketones is 2. The number of furan rings is 1. The Bertz CT molecular complexity index is 1130. The first-order chi connectivity index (χ1) is 17.4. The van der Waals surface area contributed by atoms with Crippen molar-refractivity contribution in [2.24, 2.45) is 39.9 Å². The van der Waals surface area contributed by atoms with E-state index >= 15 is 0 Å². The number of hydrogen-bond donors (Lipinski definition) is 4. The number of hydrogen-bond acceptors (Lipinski definition) is 10. The smallest absolute Gasteiger partial charge is 0.302 e. The summed E-state index contributed by atoms with van der Waals surface area (Å²) in [4.78, 5) is 39.7. The van der Waals surface area contributed by atoms with Gasteiger partial charge in [0, 0.05) is 54.3 Å². The van der Waals surface area contributed by atoms with E-state index in [-0.39, 0.29) is 31.7 Å². The van der Waals surface area contributed by atoms with Crippen LogP contribution >= 0.6 is 0 Å². The van der Waals surface area contributed by atoms with E-state index in [4.69, 9.17) is 13.9 Å². The standard InChI is InChI=1S/C27H34O10/c1-11(28)37-18-8-17(31)27-10-36-24(34)25(18,2)15(27)7-16(30)26(3)20-14(29)6-13(12-4-5-35-9-12)19(20)21(32)22(33)23(26)27/h4-5,9,13,15-21,23-24,30-32,34H,6-8,10H2,1-3H3/t13-,15-,16+,17-,18+,19-,20+,21+,23-,24+,25+,26-,27+/m0/s1. The molecule has 1 aliphatic heterocycles. The third-order valence-electron chi connectivity index (χ3n) is 11.0. The summed E-state index contributed by atoms with van der Waals surface area (Å²) in [6.07, 6.45) is -3.01. The van der Waals surface area contributed by atoms with E-state index in [1.807, 2.05) is 0 Å². The molecule has 1 saturated heterocycles. The van der Waals surface area contributed by atoms with Crippen LogP contribution in [0.3, 0.4) is 0 Å². The number of fused-ring (bicyclic) bond motifs is 3. The summed E-state index contributed by atoms with van der Waals surface area (Å²) in [7, 11) is 0. The van der Waals surface area contributed by atoms with E-state index in [9.17, 15) is 34.8 Å². The lowest BCUT2D eigenvalue weighted by molar-refractivity contribution is -0.369. The van der Waals surface area contributed by atoms with Crippen molar-refractivity contribution in [1.29, 1.82) is 0 Å². The molecule has 2 heterocycles. The molecular weight excluding hydrogens is 484 g/mol. The second-order valence-electron chi connectivity index (χ2n) is 12.3. The van der Waals surface area contributed by atoms with Crippen LogP contribution in [0.4, 0.5) is 0 Å². The molecule has 0 radical (unpaired) electrons. The third kappa shape index (κ3) is 2.91. The predicted octanol–water partition coefficient (Wildman–Crippen LogP) is 0.553. The maximum absolute atomic E-state index is 14.2. The summed E-state index contributed by atoms with van der Waals surface area (Å²) >= 11 is 0. The lowest BCUT2D eigenvalue weighted by Crippen LogP contribution is -2.79. The molecule has 0 spiro atoms. The van der Waals surface area contributed by atoms with Crippen molar-refractivity contribution in [2.75, 3.05) is 6.61 Å². The lowest BCUT2D eigenvalue weighted by Gasteiger charge is -2.71. The molecule has 6 rings (SSSR count). The van der Waals surface area contributed by atoms with Crippen molar-refractivity contribution in [3.8, 4) is 0 Å². The van der Waals surface area contributed by atoms with E-state index in [0.717, 1.165) is 5.56 Å². The Labute approximate surface area is 213 Å². The van der Waals surface area contributed by atoms with Gasteiger partial charge in [-0.3, -0.25) is 14.4 Å². The Morgan fingerprint density at radius 3 is 2.46 bits per heavy atom. The first kappa shape index (κ1) is 25.2. The average Bonchev–Trinajstić information content (AvgIpc) is 3.48. The first-order valence-corrected chi connectivity index (χ1v) is 13.0. The molecule has 5 aliphatic rings. The van der Waals surface area contributed by atoms with Crippen molar-refractivity contribution in [3.63, 3.8) is 0 Å². The Morgan fingerprint density at radius 1 is 1.08 bits per heavy atom. The monoisotopic (exact) mass is 518 g/mol. The van der Waals surface area contributed by atoms with E-state index in [1.54, 1.807) is 19.9 Å². The number of aliphatic hydroxyl groups is 4. The van der Waals surface area contributed by atoms with Gasteiger partial charge in [-0.2, -0.15) is 0 Å². The number of carbonyl (C=O) groups excluding carboxylic acids is 3. The highest BCUT2D eigenvalue weighted by molar-refractivity contribution is 5.95. The Kier molecular flexibility index (Phi) is 5.41. The van der Waals surface area contributed by atoms with Crippen LogP contribution in [0.5, 0.6) is 0 Å². The number of ether oxygens (including phenoxy) is 2. The van der Waals surface area contributed by atoms with Crippen molar-refractivity contribution in [3.05, 3.63) is 24.2 Å². The average molecular weight is 519 g/mol. The molecule has 4 N–H and O–H groups in total. The first-order valence-electron chi connectivity index (χ1n) is 13.0. The summed E-state index contributed by atoms with van der Waals surface area (Å²) in [5.41, 5.74) is -3.09. The van der Waals surface area contributed by atoms with Crippen molar-refractivity contribution in [1.82, 2.24) is 0 Å². The summed E-state index contributed by atoms with van der Waals surface area (Å²) in [5.74, 6) is -5.07. The lowest BCUT2D eigenvalue weighted by atomic mass is 9.35. The molecule has 2 bridgehead atoms. The Balaban J connectivity index is 1.50. The number of Topliss-reactive ketones (excluding diaryl/α,β-unsaturated/α-hetero) is 2. The summed E-state index contributed by atoms with van der Waals surface area (Å²) in [6.45, 7) is 4.46. The minimum absolute atomic E-state index is 0.0429. The van der Waals surface area contributed by atoms with Crippen molar-refractivity contribution >= 4 is 17.5 Å². The van der Waals surface area contributed by atoms with Crippen LogP contribution < -0.4 is 0 Å². The molecule has 4 aliphatic carbocycles. The normalized spacial score (nSPS) is 52.7. The van der Waals surface area contributed by atoms with Crippen LogP contribution in [-0.4, -0.2) is 75.3 Å². The van der Waals surface area contributed by atoms with Gasteiger partial charge in [0.15, 0.2) is 12.1 Å². The van der Waals surface area contributed by atoms with Crippen molar-refractivity contribution < 1.29 is 48.7 Å². The molecular formula is C27H34O10. The minimum atomic E-state index is -1.49. The molecule has 202 valence electrons. The zero-order chi connectivity index (χ0) is 26.7. The van der Waals surface area contributed by atoms with Gasteiger partial charge in [-0.25, -0.2) is 0 Å². The number of aliphatic hydroxyl groups excluding tert-OH is 4. The van der Waals surface area contributed by atoms with Gasteiger partial charge in [-0.05, 0) is 24.0 Å². The van der Waals surface area contributed by atoms with Crippen LogP contribution in [0.25, 0.3) is 0 Å². The highest BCUT2D eigenvalue weighted by atomic mass is 16.6. The number of rotatable bonds is 2. The summed E-state index contributed by atoms with van der Waals surface area (Å²) < 4.78 is 16.6. The SMILES string of the molecule is CC(=O)O[C@@H]1C[C@H](O)[C@@]23CO[C@@H](O)[C@]1(C)[C@@H]2C[C@@H](O)[C@@]1(C)[C@@H]2C(=O)C[C@@H](c4ccoc4)[C@@H]2[C@@H](O)C(=O)[C@@H]13. The predicted molar refractivity (Wildman–Crippen MR) is 123 cm³/mol. The number of esters is 1. The molecule has 10 heteroatoms. The van der Waals surface area contributed by atoms with Crippen LogP contribution in [0.1, 0.15) is 51.5 Å². The van der Waals surface area contributed by atoms with Gasteiger partial charge in [-0.1, -0.05) is 13.8 Å². The fraction of sp³-hybridized carbons (Fsp3) is 0.741. The third-order valence-corrected chi connectivity index (χ3v) is 11.0. The molecule has 0 unspecified atom stereocenters. The van der Waals surface area contributed by atoms with E-state index in [1.165, 1.54) is 19.5 Å². The molecule has 1 aromatic rings. The van der Waals surface area contributed by atoms with Gasteiger partial charge in [-0.15, -0.1) is 0 Å². The fourth-order valence-electron chi connectivity index (χ4n) is 9.45. The highest BCUT2D eigenvalue weighted by Gasteiger charge is 2.79. The van der Waals surface area contributed by atoms with Crippen LogP contribution in [-0.2, 0) is 23.9 Å². The molecule has 1 aromatic heterocycles. The zero-order valence-electron chi connectivity index (χ0n) is 21.1. The summed E-state index contributed by atoms with van der Waals surface area (Å²) in [5, 5.41) is 45.9. The van der Waals surface area contributed by atoms with Gasteiger partial charge in [0.2, 0.25) is 0 Å². The summed E-state index contributed by atoms with van der Waals surface area (Å²) in [6, 6.07) is 1.72. The van der Waals surface area contributed by atoms with Crippen LogP contribution in [0.2, 0.25) is 0 Å². The van der Waals surface area contributed by atoms with E-state index in [0.29, 0.717) is 0 Å². The van der Waals surface area contributed by atoms with Gasteiger partial charge < -0.3 is 34.3 Å². The molecule has 10 nitrogen and oxygen atoms in total. The molecule has 0 amide bonds. The zero-order valence-corrected chi connectivity index (χ0v) is 21.1. The largest absolute Gasteiger partial charge is 0.472 e. The molecule has 37 heavy (non-hydrogen) atoms.